The number of aromatic nitrogens is 3. The summed E-state index contributed by atoms with van der Waals surface area (Å²) in [6, 6.07) is 11.3. The van der Waals surface area contributed by atoms with E-state index in [4.69, 9.17) is 10.1 Å². The normalized spacial score (nSPS) is 18.7. The Balaban J connectivity index is 1.75. The van der Waals surface area contributed by atoms with Crippen LogP contribution in [0.4, 0.5) is 8.78 Å². The molecule has 0 radical (unpaired) electrons. The standard InChI is InChI=1S/C30H36F2N6O3S/c1-19(2)26-28-35-27(20-9-5-4-6-10-20)36-38(28)17-16-37(30(41)25-21(31)11-7-12-22(25)32)15-8-13-24(39)33-23(14-18-42-3)29(40)34-26/h4-7,9-12,19,23,26H,8,13-18H2,1-3H3,(H,33,39)(H,34,40)/t23-,26+/m0/s1. The molecule has 2 heterocycles. The zero-order valence-electron chi connectivity index (χ0n) is 24.0. The number of nitrogens with one attached hydrogen (secondary N) is 2. The van der Waals surface area contributed by atoms with E-state index in [2.05, 4.69) is 10.6 Å². The van der Waals surface area contributed by atoms with Gasteiger partial charge in [0.1, 0.15) is 23.2 Å². The highest BCUT2D eigenvalue weighted by Crippen LogP contribution is 2.25. The predicted octanol–water partition coefficient (Wildman–Crippen LogP) is 4.21. The van der Waals surface area contributed by atoms with E-state index in [1.165, 1.54) is 11.0 Å². The van der Waals surface area contributed by atoms with Crippen molar-refractivity contribution >= 4 is 29.5 Å². The molecule has 42 heavy (non-hydrogen) atoms. The Bertz CT molecular complexity index is 1380. The molecule has 0 aliphatic carbocycles. The Morgan fingerprint density at radius 1 is 1.02 bits per heavy atom. The molecule has 2 N–H and O–H groups in total. The van der Waals surface area contributed by atoms with Gasteiger partial charge < -0.3 is 15.5 Å². The minimum absolute atomic E-state index is 0.0346. The van der Waals surface area contributed by atoms with Crippen LogP contribution >= 0.6 is 11.8 Å². The molecule has 2 aromatic carbocycles. The maximum atomic E-state index is 14.6. The fourth-order valence-electron chi connectivity index (χ4n) is 4.83. The number of benzene rings is 2. The molecule has 0 fully saturated rings. The lowest BCUT2D eigenvalue weighted by molar-refractivity contribution is -0.129. The first-order valence-corrected chi connectivity index (χ1v) is 15.4. The van der Waals surface area contributed by atoms with Gasteiger partial charge in [-0.1, -0.05) is 50.2 Å². The molecule has 1 aliphatic heterocycles. The van der Waals surface area contributed by atoms with Crippen LogP contribution < -0.4 is 10.6 Å². The molecular formula is C30H36F2N6O3S. The Morgan fingerprint density at radius 3 is 2.40 bits per heavy atom. The number of carbonyl (C=O) groups excluding carboxylic acids is 3. The largest absolute Gasteiger partial charge is 0.344 e. The van der Waals surface area contributed by atoms with Crippen molar-refractivity contribution in [2.24, 2.45) is 5.92 Å². The minimum atomic E-state index is -0.954. The molecule has 2 atom stereocenters. The van der Waals surface area contributed by atoms with E-state index in [-0.39, 0.29) is 50.2 Å². The summed E-state index contributed by atoms with van der Waals surface area (Å²) < 4.78 is 30.8. The Hall–Kier alpha value is -3.80. The van der Waals surface area contributed by atoms with Crippen LogP contribution in [0.3, 0.4) is 0 Å². The van der Waals surface area contributed by atoms with Crippen LogP contribution in [0.5, 0.6) is 0 Å². The molecule has 224 valence electrons. The van der Waals surface area contributed by atoms with Gasteiger partial charge in [-0.05, 0) is 42.9 Å². The lowest BCUT2D eigenvalue weighted by Gasteiger charge is -2.28. The lowest BCUT2D eigenvalue weighted by atomic mass is 10.0. The van der Waals surface area contributed by atoms with Crippen LogP contribution in [0, 0.1) is 17.6 Å². The van der Waals surface area contributed by atoms with Crippen LogP contribution in [0.15, 0.2) is 48.5 Å². The topological polar surface area (TPSA) is 109 Å². The number of hydrogen-bond acceptors (Lipinski definition) is 6. The molecular weight excluding hydrogens is 562 g/mol. The SMILES string of the molecule is CSCC[C@@H]1NC(=O)CCCN(C(=O)c2c(F)cccc2F)CCn2nc(-c3ccccc3)nc2[C@@H](C(C)C)NC1=O. The molecule has 0 bridgehead atoms. The zero-order valence-corrected chi connectivity index (χ0v) is 24.8. The summed E-state index contributed by atoms with van der Waals surface area (Å²) in [5.41, 5.74) is 0.132. The van der Waals surface area contributed by atoms with Crippen LogP contribution in [0.1, 0.15) is 55.3 Å². The second kappa shape index (κ2) is 14.4. The molecule has 4 rings (SSSR count). The number of carbonyl (C=O) groups is 3. The van der Waals surface area contributed by atoms with E-state index in [0.717, 1.165) is 17.7 Å². The Morgan fingerprint density at radius 2 is 1.74 bits per heavy atom. The van der Waals surface area contributed by atoms with Crippen LogP contribution in [0.25, 0.3) is 11.4 Å². The molecule has 9 nitrogen and oxygen atoms in total. The maximum absolute atomic E-state index is 14.6. The molecule has 1 aromatic heterocycles. The second-order valence-electron chi connectivity index (χ2n) is 10.5. The summed E-state index contributed by atoms with van der Waals surface area (Å²) in [7, 11) is 0. The van der Waals surface area contributed by atoms with Crippen LogP contribution in [-0.2, 0) is 16.1 Å². The number of thioether (sulfide) groups is 1. The van der Waals surface area contributed by atoms with E-state index >= 15 is 0 Å². The van der Waals surface area contributed by atoms with Gasteiger partial charge in [0.25, 0.3) is 5.91 Å². The average molecular weight is 599 g/mol. The number of hydrogen-bond donors (Lipinski definition) is 2. The maximum Gasteiger partial charge on any atom is 0.259 e. The molecule has 0 saturated carbocycles. The molecule has 3 amide bonds. The van der Waals surface area contributed by atoms with Gasteiger partial charge in [0.2, 0.25) is 11.8 Å². The molecule has 0 unspecified atom stereocenters. The highest BCUT2D eigenvalue weighted by molar-refractivity contribution is 7.98. The third-order valence-electron chi connectivity index (χ3n) is 7.11. The highest BCUT2D eigenvalue weighted by Gasteiger charge is 2.31. The van der Waals surface area contributed by atoms with Gasteiger partial charge in [-0.3, -0.25) is 14.4 Å². The lowest BCUT2D eigenvalue weighted by Crippen LogP contribution is -2.49. The summed E-state index contributed by atoms with van der Waals surface area (Å²) in [6.45, 7) is 4.17. The Labute approximate surface area is 248 Å². The van der Waals surface area contributed by atoms with Gasteiger partial charge in [0, 0.05) is 25.1 Å². The van der Waals surface area contributed by atoms with E-state index in [0.29, 0.717) is 23.8 Å². The monoisotopic (exact) mass is 598 g/mol. The molecule has 3 aromatic rings. The minimum Gasteiger partial charge on any atom is -0.344 e. The summed E-state index contributed by atoms with van der Waals surface area (Å²) in [5.74, 6) is -1.88. The Kier molecular flexibility index (Phi) is 10.7. The van der Waals surface area contributed by atoms with Gasteiger partial charge in [0.05, 0.1) is 12.6 Å². The van der Waals surface area contributed by atoms with E-state index in [1.54, 1.807) is 16.4 Å². The molecule has 0 spiro atoms. The average Bonchev–Trinajstić information content (AvgIpc) is 3.39. The summed E-state index contributed by atoms with van der Waals surface area (Å²) in [6.07, 6.45) is 2.63. The van der Waals surface area contributed by atoms with Crippen molar-refractivity contribution in [2.45, 2.75) is 51.7 Å². The van der Waals surface area contributed by atoms with Crippen LogP contribution in [-0.4, -0.2) is 68.5 Å². The van der Waals surface area contributed by atoms with Crippen molar-refractivity contribution < 1.29 is 23.2 Å². The van der Waals surface area contributed by atoms with Crippen molar-refractivity contribution in [3.05, 3.63) is 71.6 Å². The van der Waals surface area contributed by atoms with Gasteiger partial charge in [-0.15, -0.1) is 0 Å². The molecule has 12 heteroatoms. The van der Waals surface area contributed by atoms with Crippen LogP contribution in [0.2, 0.25) is 0 Å². The first-order chi connectivity index (χ1) is 20.2. The first-order valence-electron chi connectivity index (χ1n) is 14.0. The number of nitrogens with zero attached hydrogens (tertiary/aromatic N) is 4. The number of amides is 3. The van der Waals surface area contributed by atoms with Crippen molar-refractivity contribution in [3.63, 3.8) is 0 Å². The summed E-state index contributed by atoms with van der Waals surface area (Å²) in [5, 5.41) is 10.6. The van der Waals surface area contributed by atoms with Crippen molar-refractivity contribution in [1.29, 1.82) is 0 Å². The van der Waals surface area contributed by atoms with E-state index < -0.39 is 35.2 Å². The van der Waals surface area contributed by atoms with E-state index in [9.17, 15) is 23.2 Å². The van der Waals surface area contributed by atoms with Gasteiger partial charge in [-0.25, -0.2) is 18.4 Å². The molecule has 0 saturated heterocycles. The van der Waals surface area contributed by atoms with Gasteiger partial charge in [0.15, 0.2) is 11.6 Å². The summed E-state index contributed by atoms with van der Waals surface area (Å²) in [4.78, 5) is 45.9. The van der Waals surface area contributed by atoms with Crippen molar-refractivity contribution in [2.75, 3.05) is 25.1 Å². The van der Waals surface area contributed by atoms with Gasteiger partial charge >= 0.3 is 0 Å². The fourth-order valence-corrected chi connectivity index (χ4v) is 5.30. The number of halogens is 2. The number of rotatable bonds is 6. The third-order valence-corrected chi connectivity index (χ3v) is 7.76. The summed E-state index contributed by atoms with van der Waals surface area (Å²) >= 11 is 1.57. The highest BCUT2D eigenvalue weighted by atomic mass is 32.2. The van der Waals surface area contributed by atoms with Crippen molar-refractivity contribution in [3.8, 4) is 11.4 Å². The van der Waals surface area contributed by atoms with E-state index in [1.807, 2.05) is 50.4 Å². The quantitative estimate of drug-likeness (QED) is 0.440. The zero-order chi connectivity index (χ0) is 30.2. The smallest absolute Gasteiger partial charge is 0.259 e. The van der Waals surface area contributed by atoms with Crippen molar-refractivity contribution in [1.82, 2.24) is 30.3 Å². The second-order valence-corrected chi connectivity index (χ2v) is 11.5. The number of fused-ring (bicyclic) bond motifs is 1. The third kappa shape index (κ3) is 7.53. The fraction of sp³-hybridized carbons (Fsp3) is 0.433. The first kappa shape index (κ1) is 31.1. The predicted molar refractivity (Wildman–Crippen MR) is 158 cm³/mol. The van der Waals surface area contributed by atoms with Gasteiger partial charge in [-0.2, -0.15) is 16.9 Å². The molecule has 1 aliphatic rings.